The lowest BCUT2D eigenvalue weighted by molar-refractivity contribution is -0.142. The van der Waals surface area contributed by atoms with E-state index in [0.29, 0.717) is 10.6 Å². The van der Waals surface area contributed by atoms with Crippen molar-refractivity contribution in [2.75, 3.05) is 20.1 Å². The van der Waals surface area contributed by atoms with Crippen molar-refractivity contribution in [2.45, 2.75) is 12.6 Å². The summed E-state index contributed by atoms with van der Waals surface area (Å²) in [7, 11) is 1.34. The van der Waals surface area contributed by atoms with Gasteiger partial charge in [0.15, 0.2) is 5.78 Å². The Morgan fingerprint density at radius 2 is 1.83 bits per heavy atom. The molecule has 1 aromatic carbocycles. The molecule has 0 N–H and O–H groups in total. The number of carbonyl (C=O) groups excluding carboxylic acids is 1. The predicted molar refractivity (Wildman–Crippen MR) is 64.0 cm³/mol. The minimum atomic E-state index is -4.24. The van der Waals surface area contributed by atoms with Crippen molar-refractivity contribution in [2.24, 2.45) is 0 Å². The van der Waals surface area contributed by atoms with E-state index in [2.05, 4.69) is 0 Å². The number of halogens is 4. The minimum Gasteiger partial charge on any atom is -0.298 e. The zero-order valence-corrected chi connectivity index (χ0v) is 10.6. The Balaban J connectivity index is 2.44. The van der Waals surface area contributed by atoms with Crippen LogP contribution < -0.4 is 0 Å². The summed E-state index contributed by atoms with van der Waals surface area (Å²) in [6.07, 6.45) is -4.19. The van der Waals surface area contributed by atoms with Crippen LogP contribution in [0.15, 0.2) is 24.3 Å². The van der Waals surface area contributed by atoms with Crippen LogP contribution in [0.25, 0.3) is 0 Å². The molecule has 0 saturated heterocycles. The molecule has 0 atom stereocenters. The first-order valence-corrected chi connectivity index (χ1v) is 5.70. The third-order valence-corrected chi connectivity index (χ3v) is 2.59. The molecule has 100 valence electrons. The van der Waals surface area contributed by atoms with Crippen molar-refractivity contribution in [3.05, 3.63) is 34.9 Å². The average molecular weight is 280 g/mol. The van der Waals surface area contributed by atoms with E-state index in [-0.39, 0.29) is 18.7 Å². The third kappa shape index (κ3) is 5.51. The summed E-state index contributed by atoms with van der Waals surface area (Å²) in [5.41, 5.74) is 0.458. The summed E-state index contributed by atoms with van der Waals surface area (Å²) in [6.45, 7) is -0.943. The van der Waals surface area contributed by atoms with Gasteiger partial charge in [0.25, 0.3) is 0 Å². The van der Waals surface area contributed by atoms with Crippen LogP contribution in [-0.4, -0.2) is 37.0 Å². The molecule has 0 saturated carbocycles. The average Bonchev–Trinajstić information content (AvgIpc) is 2.24. The molecule has 0 unspecified atom stereocenters. The van der Waals surface area contributed by atoms with Crippen molar-refractivity contribution in [1.29, 1.82) is 0 Å². The van der Waals surface area contributed by atoms with E-state index in [1.165, 1.54) is 7.05 Å². The summed E-state index contributed by atoms with van der Waals surface area (Å²) in [6, 6.07) is 6.28. The Hall–Kier alpha value is -1.07. The largest absolute Gasteiger partial charge is 0.401 e. The van der Waals surface area contributed by atoms with Gasteiger partial charge in [0.05, 0.1) is 6.54 Å². The Kier molecular flexibility index (Phi) is 5.16. The molecule has 0 aromatic heterocycles. The number of benzene rings is 1. The maximum Gasteiger partial charge on any atom is 0.401 e. The molecule has 2 nitrogen and oxygen atoms in total. The lowest BCUT2D eigenvalue weighted by atomic mass is 10.1. The molecule has 0 fully saturated rings. The Labute approximate surface area is 108 Å². The summed E-state index contributed by atoms with van der Waals surface area (Å²) < 4.78 is 36.2. The van der Waals surface area contributed by atoms with E-state index in [1.54, 1.807) is 24.3 Å². The maximum absolute atomic E-state index is 12.1. The van der Waals surface area contributed by atoms with Gasteiger partial charge in [-0.2, -0.15) is 13.2 Å². The summed E-state index contributed by atoms with van der Waals surface area (Å²) in [4.78, 5) is 12.8. The van der Waals surface area contributed by atoms with Crippen molar-refractivity contribution in [1.82, 2.24) is 4.90 Å². The number of nitrogens with zero attached hydrogens (tertiary/aromatic N) is 1. The lowest BCUT2D eigenvalue weighted by Crippen LogP contribution is -2.32. The topological polar surface area (TPSA) is 20.3 Å². The lowest BCUT2D eigenvalue weighted by Gasteiger charge is -2.17. The predicted octanol–water partition coefficient (Wildman–Crippen LogP) is 3.41. The van der Waals surface area contributed by atoms with Gasteiger partial charge in [-0.05, 0) is 31.3 Å². The number of hydrogen-bond donors (Lipinski definition) is 0. The number of rotatable bonds is 5. The molecule has 0 amide bonds. The molecular weight excluding hydrogens is 267 g/mol. The molecule has 0 radical (unpaired) electrons. The molecule has 1 aromatic rings. The highest BCUT2D eigenvalue weighted by Gasteiger charge is 2.29. The molecule has 0 spiro atoms. The van der Waals surface area contributed by atoms with E-state index in [1.807, 2.05) is 0 Å². The fourth-order valence-electron chi connectivity index (χ4n) is 1.46. The van der Waals surface area contributed by atoms with Crippen LogP contribution in [0, 0.1) is 0 Å². The van der Waals surface area contributed by atoms with E-state index >= 15 is 0 Å². The standard InChI is InChI=1S/C12H13ClF3NO/c1-17(8-12(14,15)16)7-6-11(18)9-2-4-10(13)5-3-9/h2-5H,6-8H2,1H3. The molecule has 0 aliphatic heterocycles. The van der Waals surface area contributed by atoms with Gasteiger partial charge in [-0.15, -0.1) is 0 Å². The van der Waals surface area contributed by atoms with Gasteiger partial charge in [-0.3, -0.25) is 9.69 Å². The van der Waals surface area contributed by atoms with Gasteiger partial charge in [0.2, 0.25) is 0 Å². The maximum atomic E-state index is 12.1. The quantitative estimate of drug-likeness (QED) is 0.770. The normalized spacial score (nSPS) is 11.9. The highest BCUT2D eigenvalue weighted by Crippen LogP contribution is 2.16. The highest BCUT2D eigenvalue weighted by atomic mass is 35.5. The van der Waals surface area contributed by atoms with Crippen LogP contribution in [0.2, 0.25) is 5.02 Å². The minimum absolute atomic E-state index is 0.0498. The van der Waals surface area contributed by atoms with Crippen LogP contribution >= 0.6 is 11.6 Å². The van der Waals surface area contributed by atoms with Crippen molar-refractivity contribution < 1.29 is 18.0 Å². The smallest absolute Gasteiger partial charge is 0.298 e. The molecule has 0 heterocycles. The molecule has 0 aliphatic rings. The van der Waals surface area contributed by atoms with Gasteiger partial charge in [0, 0.05) is 23.6 Å². The second kappa shape index (κ2) is 6.20. The van der Waals surface area contributed by atoms with Gasteiger partial charge >= 0.3 is 6.18 Å². The number of Topliss-reactive ketones (excluding diaryl/α,β-unsaturated/α-hetero) is 1. The molecule has 18 heavy (non-hydrogen) atoms. The van der Waals surface area contributed by atoms with Gasteiger partial charge < -0.3 is 0 Å². The summed E-state index contributed by atoms with van der Waals surface area (Å²) in [5, 5.41) is 0.515. The zero-order valence-electron chi connectivity index (χ0n) is 9.80. The van der Waals surface area contributed by atoms with Crippen molar-refractivity contribution >= 4 is 17.4 Å². The molecular formula is C12H13ClF3NO. The number of hydrogen-bond acceptors (Lipinski definition) is 2. The molecule has 0 bridgehead atoms. The fourth-order valence-corrected chi connectivity index (χ4v) is 1.58. The van der Waals surface area contributed by atoms with E-state index in [0.717, 1.165) is 4.90 Å². The first-order chi connectivity index (χ1) is 8.28. The Morgan fingerprint density at radius 3 is 2.33 bits per heavy atom. The Bertz CT molecular complexity index is 403. The first kappa shape index (κ1) is 15.0. The first-order valence-electron chi connectivity index (χ1n) is 5.32. The molecule has 0 aliphatic carbocycles. The zero-order chi connectivity index (χ0) is 13.8. The monoisotopic (exact) mass is 279 g/mol. The van der Waals surface area contributed by atoms with Crippen LogP contribution in [0.4, 0.5) is 13.2 Å². The Morgan fingerprint density at radius 1 is 1.28 bits per heavy atom. The second-order valence-electron chi connectivity index (χ2n) is 4.03. The number of ketones is 1. The molecule has 1 rings (SSSR count). The number of carbonyl (C=O) groups is 1. The summed E-state index contributed by atoms with van der Waals surface area (Å²) >= 11 is 5.67. The van der Waals surface area contributed by atoms with Gasteiger partial charge in [0.1, 0.15) is 0 Å². The number of alkyl halides is 3. The van der Waals surface area contributed by atoms with Crippen LogP contribution in [-0.2, 0) is 0 Å². The van der Waals surface area contributed by atoms with Crippen LogP contribution in [0.5, 0.6) is 0 Å². The third-order valence-electron chi connectivity index (χ3n) is 2.34. The van der Waals surface area contributed by atoms with E-state index in [4.69, 9.17) is 11.6 Å². The van der Waals surface area contributed by atoms with Crippen molar-refractivity contribution in [3.63, 3.8) is 0 Å². The van der Waals surface area contributed by atoms with E-state index < -0.39 is 12.7 Å². The SMILES string of the molecule is CN(CCC(=O)c1ccc(Cl)cc1)CC(F)(F)F. The van der Waals surface area contributed by atoms with Crippen LogP contribution in [0.3, 0.4) is 0 Å². The van der Waals surface area contributed by atoms with E-state index in [9.17, 15) is 18.0 Å². The van der Waals surface area contributed by atoms with Crippen molar-refractivity contribution in [3.8, 4) is 0 Å². The van der Waals surface area contributed by atoms with Crippen LogP contribution in [0.1, 0.15) is 16.8 Å². The van der Waals surface area contributed by atoms with Gasteiger partial charge in [-0.1, -0.05) is 11.6 Å². The highest BCUT2D eigenvalue weighted by molar-refractivity contribution is 6.30. The van der Waals surface area contributed by atoms with Gasteiger partial charge in [-0.25, -0.2) is 0 Å². The summed E-state index contributed by atoms with van der Waals surface area (Å²) in [5.74, 6) is -0.194. The second-order valence-corrected chi connectivity index (χ2v) is 4.47. The fraction of sp³-hybridized carbons (Fsp3) is 0.417. The molecule has 6 heteroatoms.